The average Bonchev–Trinajstić information content (AvgIpc) is 2.93. The van der Waals surface area contributed by atoms with Crippen LogP contribution >= 0.6 is 0 Å². The molecular formula is C13H15O4Y-. The topological polar surface area (TPSA) is 52.6 Å². The summed E-state index contributed by atoms with van der Waals surface area (Å²) >= 11 is 0. The van der Waals surface area contributed by atoms with Crippen molar-refractivity contribution in [1.29, 1.82) is 0 Å². The summed E-state index contributed by atoms with van der Waals surface area (Å²) in [5.74, 6) is 0.245. The monoisotopic (exact) mass is 324 g/mol. The third kappa shape index (κ3) is 2.18. The van der Waals surface area contributed by atoms with Crippen LogP contribution in [0, 0.1) is 23.3 Å². The third-order valence-corrected chi connectivity index (χ3v) is 4.50. The molecule has 3 rings (SSSR count). The molecule has 4 nitrogen and oxygen atoms in total. The van der Waals surface area contributed by atoms with Crippen LogP contribution in [0.25, 0.3) is 0 Å². The Morgan fingerprint density at radius 1 is 1.50 bits per heavy atom. The van der Waals surface area contributed by atoms with Gasteiger partial charge in [0.2, 0.25) is 0 Å². The maximum atomic E-state index is 11.3. The Kier molecular flexibility index (Phi) is 3.98. The van der Waals surface area contributed by atoms with Gasteiger partial charge in [-0.2, -0.15) is 0 Å². The van der Waals surface area contributed by atoms with Crippen molar-refractivity contribution in [2.75, 3.05) is 6.61 Å². The van der Waals surface area contributed by atoms with Gasteiger partial charge < -0.3 is 15.5 Å². The zero-order chi connectivity index (χ0) is 12.0. The number of carbonyl (C=O) groups is 2. The molecule has 5 heteroatoms. The fourth-order valence-electron chi connectivity index (χ4n) is 3.93. The van der Waals surface area contributed by atoms with Crippen LogP contribution in [-0.2, 0) is 51.8 Å². The molecule has 4 unspecified atom stereocenters. The smallest absolute Gasteiger partial charge is 0.306 e. The first-order chi connectivity index (χ1) is 8.13. The Hall–Kier alpha value is -0.216. The summed E-state index contributed by atoms with van der Waals surface area (Å²) in [6, 6.07) is 0. The third-order valence-electron chi connectivity index (χ3n) is 4.50. The van der Waals surface area contributed by atoms with Gasteiger partial charge >= 0.3 is 5.97 Å². The van der Waals surface area contributed by atoms with Crippen LogP contribution in [0.2, 0.25) is 0 Å². The SMILES string of the molecule is C=[C-]C(=O)OC1CC2CC1C1(COC(=O)C1)C2.[Y]. The van der Waals surface area contributed by atoms with E-state index in [-0.39, 0.29) is 56.1 Å². The van der Waals surface area contributed by atoms with E-state index in [1.807, 2.05) is 0 Å². The predicted molar refractivity (Wildman–Crippen MR) is 57.6 cm³/mol. The molecule has 1 radical (unpaired) electrons. The van der Waals surface area contributed by atoms with Crippen LogP contribution in [0.15, 0.2) is 6.58 Å². The standard InChI is InChI=1S/C13H15O4.Y/c1-2-11(14)17-10-4-8-3-9(10)13(5-8)6-12(15)16-7-13;/h8-10H,1,3-7H2;/q-1;. The summed E-state index contributed by atoms with van der Waals surface area (Å²) in [4.78, 5) is 22.5. The van der Waals surface area contributed by atoms with E-state index in [0.717, 1.165) is 19.3 Å². The molecule has 0 aromatic rings. The molecule has 2 saturated carbocycles. The minimum absolute atomic E-state index is 0. The van der Waals surface area contributed by atoms with Gasteiger partial charge in [-0.25, -0.2) is 0 Å². The Balaban J connectivity index is 0.00000120. The van der Waals surface area contributed by atoms with Gasteiger partial charge in [0.15, 0.2) is 0 Å². The molecular weight excluding hydrogens is 309 g/mol. The van der Waals surface area contributed by atoms with Gasteiger partial charge in [-0.15, -0.1) is 0 Å². The van der Waals surface area contributed by atoms with E-state index in [2.05, 4.69) is 12.7 Å². The number of cyclic esters (lactones) is 1. The van der Waals surface area contributed by atoms with Gasteiger partial charge in [-0.1, -0.05) is 0 Å². The molecule has 3 fully saturated rings. The van der Waals surface area contributed by atoms with Crippen LogP contribution in [0.5, 0.6) is 0 Å². The first-order valence-electron chi connectivity index (χ1n) is 6.02. The fraction of sp³-hybridized carbons (Fsp3) is 0.692. The fourth-order valence-corrected chi connectivity index (χ4v) is 3.93. The first-order valence-corrected chi connectivity index (χ1v) is 6.02. The summed E-state index contributed by atoms with van der Waals surface area (Å²) in [7, 11) is 0. The second kappa shape index (κ2) is 5.05. The number of ether oxygens (including phenoxy) is 2. The van der Waals surface area contributed by atoms with Gasteiger partial charge in [0, 0.05) is 44.0 Å². The molecule has 0 aromatic carbocycles. The second-order valence-corrected chi connectivity index (χ2v) is 5.47. The molecule has 1 spiro atoms. The number of hydrogen-bond donors (Lipinski definition) is 0. The Morgan fingerprint density at radius 3 is 2.83 bits per heavy atom. The average molecular weight is 324 g/mol. The molecule has 18 heavy (non-hydrogen) atoms. The van der Waals surface area contributed by atoms with E-state index in [1.165, 1.54) is 0 Å². The van der Waals surface area contributed by atoms with Crippen molar-refractivity contribution in [3.8, 4) is 0 Å². The van der Waals surface area contributed by atoms with Gasteiger partial charge in [0.1, 0.15) is 12.1 Å². The molecule has 0 amide bonds. The number of esters is 2. The largest absolute Gasteiger partial charge is 0.486 e. The van der Waals surface area contributed by atoms with Crippen LogP contribution in [0.1, 0.15) is 25.7 Å². The summed E-state index contributed by atoms with van der Waals surface area (Å²) in [5.41, 5.74) is -0.0634. The van der Waals surface area contributed by atoms with Crippen LogP contribution in [0.3, 0.4) is 0 Å². The van der Waals surface area contributed by atoms with Crippen molar-refractivity contribution in [1.82, 2.24) is 0 Å². The van der Waals surface area contributed by atoms with Crippen molar-refractivity contribution in [2.45, 2.75) is 31.8 Å². The maximum absolute atomic E-state index is 11.3. The maximum Gasteiger partial charge on any atom is 0.306 e. The second-order valence-electron chi connectivity index (χ2n) is 5.47. The quantitative estimate of drug-likeness (QED) is 0.436. The molecule has 2 bridgehead atoms. The van der Waals surface area contributed by atoms with Crippen molar-refractivity contribution < 1.29 is 51.8 Å². The predicted octanol–water partition coefficient (Wildman–Crippen LogP) is 1.25. The van der Waals surface area contributed by atoms with Crippen molar-refractivity contribution in [2.24, 2.45) is 17.3 Å². The minimum atomic E-state index is -0.483. The molecule has 1 heterocycles. The minimum Gasteiger partial charge on any atom is -0.486 e. The zero-order valence-corrected chi connectivity index (χ0v) is 13.0. The molecule has 1 aliphatic heterocycles. The van der Waals surface area contributed by atoms with Crippen LogP contribution in [-0.4, -0.2) is 24.6 Å². The van der Waals surface area contributed by atoms with Crippen LogP contribution < -0.4 is 0 Å². The zero-order valence-electron chi connectivity index (χ0n) is 10.2. The van der Waals surface area contributed by atoms with Crippen molar-refractivity contribution >= 4 is 11.9 Å². The number of hydrogen-bond acceptors (Lipinski definition) is 4. The van der Waals surface area contributed by atoms with E-state index < -0.39 is 5.97 Å². The first kappa shape index (κ1) is 14.2. The number of rotatable bonds is 2. The number of carbonyl (C=O) groups excluding carboxylic acids is 2. The van der Waals surface area contributed by atoms with E-state index in [4.69, 9.17) is 9.47 Å². The molecule has 4 atom stereocenters. The van der Waals surface area contributed by atoms with E-state index in [0.29, 0.717) is 18.9 Å². The Bertz CT molecular complexity index is 394. The summed E-state index contributed by atoms with van der Waals surface area (Å²) in [6.45, 7) is 3.79. The van der Waals surface area contributed by atoms with Crippen molar-refractivity contribution in [3.05, 3.63) is 12.7 Å². The number of fused-ring (bicyclic) bond motifs is 3. The Morgan fingerprint density at radius 2 is 2.28 bits per heavy atom. The van der Waals surface area contributed by atoms with Gasteiger partial charge in [-0.05, 0) is 25.2 Å². The molecule has 2 aliphatic carbocycles. The van der Waals surface area contributed by atoms with Crippen molar-refractivity contribution in [3.63, 3.8) is 0 Å². The van der Waals surface area contributed by atoms with E-state index in [9.17, 15) is 9.59 Å². The van der Waals surface area contributed by atoms with Gasteiger partial charge in [0.25, 0.3) is 0 Å². The van der Waals surface area contributed by atoms with Crippen LogP contribution in [0.4, 0.5) is 0 Å². The van der Waals surface area contributed by atoms with E-state index in [1.54, 1.807) is 0 Å². The van der Waals surface area contributed by atoms with E-state index >= 15 is 0 Å². The molecule has 95 valence electrons. The molecule has 3 aliphatic rings. The summed E-state index contributed by atoms with van der Waals surface area (Å²) in [6.07, 6.45) is 5.63. The Labute approximate surface area is 131 Å². The van der Waals surface area contributed by atoms with Gasteiger partial charge in [0.05, 0.1) is 13.0 Å². The molecule has 0 aromatic heterocycles. The molecule has 1 saturated heterocycles. The van der Waals surface area contributed by atoms with Gasteiger partial charge in [-0.3, -0.25) is 16.2 Å². The summed E-state index contributed by atoms with van der Waals surface area (Å²) < 4.78 is 10.5. The summed E-state index contributed by atoms with van der Waals surface area (Å²) in [5, 5.41) is 0. The normalized spacial score (nSPS) is 40.4. The molecule has 0 N–H and O–H groups in total.